The van der Waals surface area contributed by atoms with Gasteiger partial charge in [-0.05, 0) is 38.1 Å². The van der Waals surface area contributed by atoms with Crippen LogP contribution in [-0.4, -0.2) is 38.8 Å². The highest BCUT2D eigenvalue weighted by Crippen LogP contribution is 2.41. The lowest BCUT2D eigenvalue weighted by Crippen LogP contribution is -2.12. The fourth-order valence-electron chi connectivity index (χ4n) is 2.72. The van der Waals surface area contributed by atoms with E-state index < -0.39 is 0 Å². The third kappa shape index (κ3) is 4.13. The number of nitrogens with zero attached hydrogens (tertiary/aromatic N) is 3. The number of aromatic nitrogens is 1. The van der Waals surface area contributed by atoms with Crippen LogP contribution in [0, 0.1) is 6.92 Å². The first kappa shape index (κ1) is 20.2. The summed E-state index contributed by atoms with van der Waals surface area (Å²) in [5.41, 5.74) is 1.81. The van der Waals surface area contributed by atoms with E-state index in [2.05, 4.69) is 24.0 Å². The Morgan fingerprint density at radius 3 is 2.32 bits per heavy atom. The van der Waals surface area contributed by atoms with Crippen molar-refractivity contribution in [1.29, 1.82) is 0 Å². The Labute approximate surface area is 172 Å². The average Bonchev–Trinajstić information content (AvgIpc) is 3.31. The summed E-state index contributed by atoms with van der Waals surface area (Å²) in [6, 6.07) is 7.98. The monoisotopic (exact) mass is 417 g/mol. The fourth-order valence-corrected chi connectivity index (χ4v) is 4.36. The van der Waals surface area contributed by atoms with Crippen molar-refractivity contribution in [2.75, 3.05) is 27.9 Å². The Morgan fingerprint density at radius 2 is 1.79 bits per heavy atom. The zero-order chi connectivity index (χ0) is 20.1. The number of thiazole rings is 1. The van der Waals surface area contributed by atoms with Gasteiger partial charge in [-0.15, -0.1) is 22.7 Å². The van der Waals surface area contributed by atoms with Gasteiger partial charge in [0.05, 0.1) is 33.2 Å². The first-order valence-electron chi connectivity index (χ1n) is 8.73. The molecule has 0 saturated carbocycles. The molecule has 28 heavy (non-hydrogen) atoms. The standard InChI is InChI=1S/C20H23N3O3S2/c1-6-21-20-23(22-11-15-8-7-13(2)28-15)16(12-27-20)14-9-17(24-3)19(26-5)18(10-14)25-4/h7-12H,6H2,1-5H3. The summed E-state index contributed by atoms with van der Waals surface area (Å²) in [7, 11) is 4.81. The number of thiophene rings is 1. The number of aryl methyl sites for hydroxylation is 1. The molecule has 1 aromatic carbocycles. The van der Waals surface area contributed by atoms with Gasteiger partial charge in [-0.3, -0.25) is 4.99 Å². The van der Waals surface area contributed by atoms with Gasteiger partial charge in [-0.25, -0.2) is 4.68 Å². The highest BCUT2D eigenvalue weighted by Gasteiger charge is 2.16. The molecule has 0 spiro atoms. The molecule has 3 rings (SSSR count). The molecule has 6 nitrogen and oxygen atoms in total. The molecule has 2 heterocycles. The number of hydrogen-bond acceptors (Lipinski definition) is 7. The maximum Gasteiger partial charge on any atom is 0.206 e. The second-order valence-electron chi connectivity index (χ2n) is 5.80. The molecule has 0 atom stereocenters. The Morgan fingerprint density at radius 1 is 1.07 bits per heavy atom. The van der Waals surface area contributed by atoms with Crippen LogP contribution in [0.25, 0.3) is 11.3 Å². The zero-order valence-electron chi connectivity index (χ0n) is 16.6. The van der Waals surface area contributed by atoms with Crippen LogP contribution in [0.15, 0.2) is 39.7 Å². The van der Waals surface area contributed by atoms with Gasteiger partial charge >= 0.3 is 0 Å². The lowest BCUT2D eigenvalue weighted by atomic mass is 10.1. The van der Waals surface area contributed by atoms with Crippen molar-refractivity contribution in [3.8, 4) is 28.5 Å². The number of benzene rings is 1. The SMILES string of the molecule is CCN=c1scc(-c2cc(OC)c(OC)c(OC)c2)n1N=Cc1ccc(C)s1. The Kier molecular flexibility index (Phi) is 6.53. The summed E-state index contributed by atoms with van der Waals surface area (Å²) < 4.78 is 18.3. The first-order chi connectivity index (χ1) is 13.6. The third-order valence-corrected chi connectivity index (χ3v) is 5.79. The minimum atomic E-state index is 0.562. The maximum absolute atomic E-state index is 5.50. The predicted molar refractivity (Wildman–Crippen MR) is 116 cm³/mol. The minimum Gasteiger partial charge on any atom is -0.493 e. The number of hydrogen-bond donors (Lipinski definition) is 0. The largest absolute Gasteiger partial charge is 0.493 e. The van der Waals surface area contributed by atoms with Crippen molar-refractivity contribution in [2.45, 2.75) is 13.8 Å². The van der Waals surface area contributed by atoms with Crippen LogP contribution >= 0.6 is 22.7 Å². The topological polar surface area (TPSA) is 57.3 Å². The summed E-state index contributed by atoms with van der Waals surface area (Å²) in [6.45, 7) is 4.78. The number of rotatable bonds is 7. The van der Waals surface area contributed by atoms with E-state index in [0.717, 1.165) is 20.9 Å². The molecule has 0 aliphatic heterocycles. The van der Waals surface area contributed by atoms with Crippen LogP contribution in [0.2, 0.25) is 0 Å². The van der Waals surface area contributed by atoms with Gasteiger partial charge in [-0.1, -0.05) is 0 Å². The smallest absolute Gasteiger partial charge is 0.206 e. The number of ether oxygens (including phenoxy) is 3. The van der Waals surface area contributed by atoms with Crippen LogP contribution in [0.3, 0.4) is 0 Å². The van der Waals surface area contributed by atoms with Crippen LogP contribution in [0.5, 0.6) is 17.2 Å². The van der Waals surface area contributed by atoms with Crippen molar-refractivity contribution < 1.29 is 14.2 Å². The molecule has 0 radical (unpaired) electrons. The van der Waals surface area contributed by atoms with Crippen molar-refractivity contribution in [3.05, 3.63) is 44.2 Å². The molecule has 3 aromatic rings. The van der Waals surface area contributed by atoms with Gasteiger partial charge in [0.15, 0.2) is 11.5 Å². The van der Waals surface area contributed by atoms with Gasteiger partial charge in [0, 0.05) is 27.2 Å². The van der Waals surface area contributed by atoms with Crippen molar-refractivity contribution in [2.24, 2.45) is 10.1 Å². The molecule has 0 bridgehead atoms. The quantitative estimate of drug-likeness (QED) is 0.535. The average molecular weight is 418 g/mol. The molecular weight excluding hydrogens is 394 g/mol. The Balaban J connectivity index is 2.15. The normalized spacial score (nSPS) is 12.0. The third-order valence-electron chi connectivity index (χ3n) is 4.00. The van der Waals surface area contributed by atoms with Crippen LogP contribution in [-0.2, 0) is 0 Å². The highest BCUT2D eigenvalue weighted by atomic mass is 32.1. The van der Waals surface area contributed by atoms with E-state index in [1.807, 2.05) is 35.3 Å². The lowest BCUT2D eigenvalue weighted by Gasteiger charge is -2.14. The molecule has 0 N–H and O–H groups in total. The lowest BCUT2D eigenvalue weighted by molar-refractivity contribution is 0.324. The molecule has 0 aliphatic rings. The first-order valence-corrected chi connectivity index (χ1v) is 10.4. The van der Waals surface area contributed by atoms with Crippen molar-refractivity contribution in [3.63, 3.8) is 0 Å². The molecular formula is C20H23N3O3S2. The summed E-state index contributed by atoms with van der Waals surface area (Å²) >= 11 is 3.25. The predicted octanol–water partition coefficient (Wildman–Crippen LogP) is 4.42. The maximum atomic E-state index is 5.50. The van der Waals surface area contributed by atoms with E-state index in [-0.39, 0.29) is 0 Å². The molecule has 0 amide bonds. The van der Waals surface area contributed by atoms with Crippen LogP contribution in [0.4, 0.5) is 0 Å². The van der Waals surface area contributed by atoms with Crippen molar-refractivity contribution in [1.82, 2.24) is 4.68 Å². The summed E-state index contributed by atoms with van der Waals surface area (Å²) in [5, 5.41) is 6.74. The fraction of sp³-hybridized carbons (Fsp3) is 0.300. The molecule has 148 valence electrons. The molecule has 2 aromatic heterocycles. The molecule has 0 saturated heterocycles. The van der Waals surface area contributed by atoms with Crippen molar-refractivity contribution >= 4 is 28.9 Å². The molecule has 0 unspecified atom stereocenters. The Hall–Kier alpha value is -2.58. The van der Waals surface area contributed by atoms with E-state index in [1.165, 1.54) is 4.88 Å². The van der Waals surface area contributed by atoms with Gasteiger partial charge < -0.3 is 14.2 Å². The van der Waals surface area contributed by atoms with E-state index in [1.54, 1.807) is 44.0 Å². The Bertz CT molecular complexity index is 1020. The van der Waals surface area contributed by atoms with Crippen LogP contribution < -0.4 is 19.0 Å². The van der Waals surface area contributed by atoms with E-state index >= 15 is 0 Å². The second-order valence-corrected chi connectivity index (χ2v) is 7.95. The highest BCUT2D eigenvalue weighted by molar-refractivity contribution is 7.13. The molecule has 8 heteroatoms. The van der Waals surface area contributed by atoms with Gasteiger partial charge in [0.2, 0.25) is 10.6 Å². The number of methoxy groups -OCH3 is 3. The summed E-state index contributed by atoms with van der Waals surface area (Å²) in [4.78, 5) is 7.74. The minimum absolute atomic E-state index is 0.562. The second kappa shape index (κ2) is 9.07. The van der Waals surface area contributed by atoms with Gasteiger partial charge in [0.25, 0.3) is 0 Å². The van der Waals surface area contributed by atoms with Gasteiger partial charge in [-0.2, -0.15) is 5.10 Å². The van der Waals surface area contributed by atoms with Gasteiger partial charge in [0.1, 0.15) is 0 Å². The summed E-state index contributed by atoms with van der Waals surface area (Å²) in [6.07, 6.45) is 1.86. The van der Waals surface area contributed by atoms with E-state index in [0.29, 0.717) is 23.8 Å². The molecule has 0 aliphatic carbocycles. The van der Waals surface area contributed by atoms with Crippen LogP contribution in [0.1, 0.15) is 16.7 Å². The van der Waals surface area contributed by atoms with E-state index in [9.17, 15) is 0 Å². The van der Waals surface area contributed by atoms with E-state index in [4.69, 9.17) is 19.3 Å². The molecule has 0 fully saturated rings. The zero-order valence-corrected chi connectivity index (χ0v) is 18.2. The summed E-state index contributed by atoms with van der Waals surface area (Å²) in [5.74, 6) is 1.76.